The second-order valence-corrected chi connectivity index (χ2v) is 6.18. The Morgan fingerprint density at radius 1 is 1.00 bits per heavy atom. The number of hydrogen-bond donors (Lipinski definition) is 1. The van der Waals surface area contributed by atoms with Gasteiger partial charge in [-0.1, -0.05) is 55.5 Å². The van der Waals surface area contributed by atoms with Gasteiger partial charge in [-0.05, 0) is 41.8 Å². The molecule has 0 spiro atoms. The van der Waals surface area contributed by atoms with Crippen LogP contribution in [0.15, 0.2) is 60.7 Å². The number of ketones is 1. The van der Waals surface area contributed by atoms with Crippen molar-refractivity contribution in [1.82, 2.24) is 0 Å². The first-order valence-corrected chi connectivity index (χ1v) is 8.55. The number of Topliss-reactive ketones (excluding diaryl/α,β-unsaturated/α-hetero) is 1. The maximum absolute atomic E-state index is 12.5. The lowest BCUT2D eigenvalue weighted by Gasteiger charge is -2.14. The van der Waals surface area contributed by atoms with E-state index in [1.807, 2.05) is 43.3 Å². The second-order valence-electron chi connectivity index (χ2n) is 6.18. The summed E-state index contributed by atoms with van der Waals surface area (Å²) in [5, 5.41) is 11.8. The first kappa shape index (κ1) is 17.7. The third-order valence-corrected chi connectivity index (χ3v) is 4.38. The van der Waals surface area contributed by atoms with Gasteiger partial charge in [-0.3, -0.25) is 4.79 Å². The SMILES string of the molecule is CCc1ccc(C(=O)C(C)OC(=O)c2cc3ccccc3cc2O)cc1. The van der Waals surface area contributed by atoms with Gasteiger partial charge >= 0.3 is 5.97 Å². The van der Waals surface area contributed by atoms with Crippen LogP contribution in [0.5, 0.6) is 5.75 Å². The average Bonchev–Trinajstić information content (AvgIpc) is 2.66. The lowest BCUT2D eigenvalue weighted by molar-refractivity contribution is 0.0316. The summed E-state index contributed by atoms with van der Waals surface area (Å²) in [6, 6.07) is 17.7. The molecule has 0 aliphatic rings. The van der Waals surface area contributed by atoms with Gasteiger partial charge in [0.25, 0.3) is 0 Å². The molecule has 0 saturated carbocycles. The van der Waals surface area contributed by atoms with Crippen LogP contribution in [0.4, 0.5) is 0 Å². The molecule has 0 saturated heterocycles. The maximum Gasteiger partial charge on any atom is 0.342 e. The summed E-state index contributed by atoms with van der Waals surface area (Å²) in [5.41, 5.74) is 1.67. The van der Waals surface area contributed by atoms with Crippen molar-refractivity contribution in [1.29, 1.82) is 0 Å². The Morgan fingerprint density at radius 2 is 1.62 bits per heavy atom. The van der Waals surface area contributed by atoms with Crippen molar-refractivity contribution in [2.45, 2.75) is 26.4 Å². The van der Waals surface area contributed by atoms with E-state index in [2.05, 4.69) is 0 Å². The van der Waals surface area contributed by atoms with Crippen molar-refractivity contribution >= 4 is 22.5 Å². The Kier molecular flexibility index (Phi) is 5.03. The first-order valence-electron chi connectivity index (χ1n) is 8.55. The minimum Gasteiger partial charge on any atom is -0.507 e. The molecule has 0 aromatic heterocycles. The Labute approximate surface area is 152 Å². The van der Waals surface area contributed by atoms with Crippen LogP contribution in [0.2, 0.25) is 0 Å². The molecule has 1 atom stereocenters. The van der Waals surface area contributed by atoms with E-state index >= 15 is 0 Å². The summed E-state index contributed by atoms with van der Waals surface area (Å²) in [6.07, 6.45) is -0.0545. The second kappa shape index (κ2) is 7.40. The number of phenols is 1. The van der Waals surface area contributed by atoms with E-state index in [-0.39, 0.29) is 17.1 Å². The minimum atomic E-state index is -0.944. The van der Waals surface area contributed by atoms with Gasteiger partial charge in [-0.15, -0.1) is 0 Å². The van der Waals surface area contributed by atoms with E-state index in [0.717, 1.165) is 22.8 Å². The van der Waals surface area contributed by atoms with E-state index in [9.17, 15) is 14.7 Å². The molecule has 0 heterocycles. The quantitative estimate of drug-likeness (QED) is 0.543. The minimum absolute atomic E-state index is 0.0460. The number of rotatable bonds is 5. The number of phenolic OH excluding ortho intramolecular Hbond substituents is 1. The van der Waals surface area contributed by atoms with Crippen molar-refractivity contribution < 1.29 is 19.4 Å². The average molecular weight is 348 g/mol. The highest BCUT2D eigenvalue weighted by Crippen LogP contribution is 2.26. The van der Waals surface area contributed by atoms with E-state index in [1.165, 1.54) is 13.0 Å². The Bertz CT molecular complexity index is 958. The molecular formula is C22H20O4. The molecule has 0 radical (unpaired) electrons. The van der Waals surface area contributed by atoms with Crippen LogP contribution in [0.1, 0.15) is 40.1 Å². The van der Waals surface area contributed by atoms with E-state index in [0.29, 0.717) is 5.56 Å². The summed E-state index contributed by atoms with van der Waals surface area (Å²) in [6.45, 7) is 3.57. The zero-order valence-corrected chi connectivity index (χ0v) is 14.7. The van der Waals surface area contributed by atoms with Crippen LogP contribution in [0.25, 0.3) is 10.8 Å². The summed E-state index contributed by atoms with van der Waals surface area (Å²) in [4.78, 5) is 24.9. The lowest BCUT2D eigenvalue weighted by atomic mass is 10.0. The monoisotopic (exact) mass is 348 g/mol. The molecule has 0 aliphatic heterocycles. The molecule has 26 heavy (non-hydrogen) atoms. The molecule has 0 fully saturated rings. The van der Waals surface area contributed by atoms with Gasteiger partial charge in [-0.2, -0.15) is 0 Å². The molecule has 1 N–H and O–H groups in total. The van der Waals surface area contributed by atoms with E-state index < -0.39 is 12.1 Å². The highest BCUT2D eigenvalue weighted by atomic mass is 16.5. The van der Waals surface area contributed by atoms with Gasteiger partial charge in [0.15, 0.2) is 6.10 Å². The van der Waals surface area contributed by atoms with E-state index in [1.54, 1.807) is 18.2 Å². The number of benzene rings is 3. The number of fused-ring (bicyclic) bond motifs is 1. The van der Waals surface area contributed by atoms with Gasteiger partial charge in [-0.25, -0.2) is 4.79 Å². The molecule has 3 rings (SSSR count). The van der Waals surface area contributed by atoms with Crippen LogP contribution in [0, 0.1) is 0 Å². The zero-order valence-electron chi connectivity index (χ0n) is 14.7. The number of hydrogen-bond acceptors (Lipinski definition) is 4. The smallest absolute Gasteiger partial charge is 0.342 e. The molecule has 1 unspecified atom stereocenters. The molecule has 4 heteroatoms. The number of carbonyl (C=O) groups excluding carboxylic acids is 2. The van der Waals surface area contributed by atoms with Crippen LogP contribution >= 0.6 is 0 Å². The number of ether oxygens (including phenoxy) is 1. The first-order chi connectivity index (χ1) is 12.5. The fraction of sp³-hybridized carbons (Fsp3) is 0.182. The van der Waals surface area contributed by atoms with Crippen molar-refractivity contribution in [3.8, 4) is 5.75 Å². The largest absolute Gasteiger partial charge is 0.507 e. The van der Waals surface area contributed by atoms with Crippen molar-refractivity contribution in [2.24, 2.45) is 0 Å². The van der Waals surface area contributed by atoms with Gasteiger partial charge in [0.1, 0.15) is 11.3 Å². The van der Waals surface area contributed by atoms with Gasteiger partial charge < -0.3 is 9.84 Å². The maximum atomic E-state index is 12.5. The topological polar surface area (TPSA) is 63.6 Å². The summed E-state index contributed by atoms with van der Waals surface area (Å²) in [5.74, 6) is -1.17. The fourth-order valence-corrected chi connectivity index (χ4v) is 2.81. The lowest BCUT2D eigenvalue weighted by Crippen LogP contribution is -2.24. The highest BCUT2D eigenvalue weighted by molar-refractivity contribution is 6.03. The number of esters is 1. The highest BCUT2D eigenvalue weighted by Gasteiger charge is 2.22. The molecule has 0 bridgehead atoms. The Hall–Kier alpha value is -3.14. The van der Waals surface area contributed by atoms with Crippen molar-refractivity contribution in [3.63, 3.8) is 0 Å². The predicted octanol–water partition coefficient (Wildman–Crippen LogP) is 4.54. The van der Waals surface area contributed by atoms with E-state index in [4.69, 9.17) is 4.74 Å². The van der Waals surface area contributed by atoms with Crippen LogP contribution in [0.3, 0.4) is 0 Å². The number of carbonyl (C=O) groups is 2. The molecule has 3 aromatic carbocycles. The Balaban J connectivity index is 1.78. The predicted molar refractivity (Wildman–Crippen MR) is 101 cm³/mol. The third kappa shape index (κ3) is 3.59. The van der Waals surface area contributed by atoms with Gasteiger partial charge in [0, 0.05) is 5.56 Å². The zero-order chi connectivity index (χ0) is 18.7. The van der Waals surface area contributed by atoms with Crippen molar-refractivity contribution in [3.05, 3.63) is 77.4 Å². The molecule has 3 aromatic rings. The Morgan fingerprint density at radius 3 is 2.23 bits per heavy atom. The van der Waals surface area contributed by atoms with Crippen LogP contribution in [-0.2, 0) is 11.2 Å². The fourth-order valence-electron chi connectivity index (χ4n) is 2.81. The van der Waals surface area contributed by atoms with Gasteiger partial charge in [0.2, 0.25) is 5.78 Å². The number of aromatic hydroxyl groups is 1. The normalized spacial score (nSPS) is 11.9. The summed E-state index contributed by atoms with van der Waals surface area (Å²) in [7, 11) is 0. The standard InChI is InChI=1S/C22H20O4/c1-3-15-8-10-16(11-9-15)21(24)14(2)26-22(25)19-12-17-6-4-5-7-18(17)13-20(19)23/h4-14,23H,3H2,1-2H3. The number of aryl methyl sites for hydroxylation is 1. The molecule has 132 valence electrons. The molecule has 4 nitrogen and oxygen atoms in total. The molecule has 0 aliphatic carbocycles. The van der Waals surface area contributed by atoms with Crippen molar-refractivity contribution in [2.75, 3.05) is 0 Å². The molecular weight excluding hydrogens is 328 g/mol. The molecule has 0 amide bonds. The third-order valence-electron chi connectivity index (χ3n) is 4.38. The summed E-state index contributed by atoms with van der Waals surface area (Å²) < 4.78 is 5.29. The summed E-state index contributed by atoms with van der Waals surface area (Å²) >= 11 is 0. The van der Waals surface area contributed by atoms with Crippen LogP contribution < -0.4 is 0 Å². The van der Waals surface area contributed by atoms with Gasteiger partial charge in [0.05, 0.1) is 0 Å². The van der Waals surface area contributed by atoms with Crippen LogP contribution in [-0.4, -0.2) is 23.0 Å².